The zero-order valence-electron chi connectivity index (χ0n) is 14.4. The molecule has 2 aliphatic rings. The fourth-order valence-corrected chi connectivity index (χ4v) is 4.12. The monoisotopic (exact) mass is 345 g/mol. The number of benzene rings is 3. The molecule has 2 aliphatic heterocycles. The van der Waals surface area contributed by atoms with Gasteiger partial charge in [0.1, 0.15) is 22.7 Å². The first-order chi connectivity index (χ1) is 12.5. The van der Waals surface area contributed by atoms with Crippen LogP contribution in [0.2, 0.25) is 0 Å². The third-order valence-corrected chi connectivity index (χ3v) is 5.27. The van der Waals surface area contributed by atoms with Crippen molar-refractivity contribution in [3.05, 3.63) is 88.2 Å². The fourth-order valence-electron chi connectivity index (χ4n) is 4.12. The highest BCUT2D eigenvalue weighted by atomic mass is 19.1. The number of ether oxygens (including phenoxy) is 1. The number of nitrogens with one attached hydrogen (secondary N) is 1. The lowest BCUT2D eigenvalue weighted by molar-refractivity contribution is -0.118. The minimum Gasteiger partial charge on any atom is -0.457 e. The van der Waals surface area contributed by atoms with E-state index in [9.17, 15) is 9.18 Å². The second kappa shape index (κ2) is 4.94. The normalized spacial score (nSPS) is 15.7. The summed E-state index contributed by atoms with van der Waals surface area (Å²) in [5.41, 5.74) is 3.68. The second-order valence-corrected chi connectivity index (χ2v) is 7.00. The summed E-state index contributed by atoms with van der Waals surface area (Å²) in [7, 11) is 0. The van der Waals surface area contributed by atoms with Crippen LogP contribution < -0.4 is 10.1 Å². The molecule has 4 heteroatoms. The fraction of sp³-hybridized carbons (Fsp3) is 0.136. The molecule has 3 nitrogen and oxygen atoms in total. The molecular weight excluding hydrogens is 329 g/mol. The Morgan fingerprint density at radius 1 is 0.846 bits per heavy atom. The van der Waals surface area contributed by atoms with E-state index in [1.54, 1.807) is 6.07 Å². The number of hydrogen-bond acceptors (Lipinski definition) is 2. The van der Waals surface area contributed by atoms with Crippen LogP contribution in [-0.2, 0) is 10.2 Å². The van der Waals surface area contributed by atoms with Gasteiger partial charge in [0.05, 0.1) is 0 Å². The lowest BCUT2D eigenvalue weighted by Gasteiger charge is -2.36. The minimum atomic E-state index is -1.11. The van der Waals surface area contributed by atoms with Crippen molar-refractivity contribution in [2.24, 2.45) is 0 Å². The molecule has 0 unspecified atom stereocenters. The van der Waals surface area contributed by atoms with E-state index in [4.69, 9.17) is 4.74 Å². The molecule has 0 aromatic heterocycles. The van der Waals surface area contributed by atoms with E-state index < -0.39 is 5.41 Å². The molecule has 0 fully saturated rings. The zero-order valence-corrected chi connectivity index (χ0v) is 14.4. The molecule has 2 heterocycles. The third kappa shape index (κ3) is 1.79. The summed E-state index contributed by atoms with van der Waals surface area (Å²) in [6, 6.07) is 16.0. The zero-order chi connectivity index (χ0) is 18.1. The van der Waals surface area contributed by atoms with E-state index in [0.29, 0.717) is 22.7 Å². The van der Waals surface area contributed by atoms with E-state index in [2.05, 4.69) is 5.32 Å². The van der Waals surface area contributed by atoms with Gasteiger partial charge in [-0.1, -0.05) is 35.4 Å². The van der Waals surface area contributed by atoms with Gasteiger partial charge in [0, 0.05) is 22.4 Å². The van der Waals surface area contributed by atoms with E-state index >= 15 is 0 Å². The average molecular weight is 345 g/mol. The van der Waals surface area contributed by atoms with Crippen LogP contribution in [-0.4, -0.2) is 5.91 Å². The standard InChI is InChI=1S/C22H16FNO2/c1-12-3-7-19-16(9-12)22(17-10-13(2)4-8-20(17)26-19)15-11-14(23)5-6-18(15)24-21(22)25/h3-11H,1-2H3,(H,24,25). The molecule has 3 aromatic rings. The van der Waals surface area contributed by atoms with Crippen LogP contribution in [0.3, 0.4) is 0 Å². The lowest BCUT2D eigenvalue weighted by Crippen LogP contribution is -2.39. The number of aryl methyl sites for hydroxylation is 2. The third-order valence-electron chi connectivity index (χ3n) is 5.27. The first-order valence-corrected chi connectivity index (χ1v) is 8.52. The smallest absolute Gasteiger partial charge is 0.244 e. The highest BCUT2D eigenvalue weighted by Gasteiger charge is 2.54. The van der Waals surface area contributed by atoms with Crippen molar-refractivity contribution in [2.45, 2.75) is 19.3 Å². The van der Waals surface area contributed by atoms with Crippen molar-refractivity contribution in [2.75, 3.05) is 5.32 Å². The summed E-state index contributed by atoms with van der Waals surface area (Å²) in [5, 5.41) is 2.94. The Labute approximate surface area is 150 Å². The Hall–Kier alpha value is -3.14. The average Bonchev–Trinajstić information content (AvgIpc) is 2.89. The van der Waals surface area contributed by atoms with E-state index in [-0.39, 0.29) is 11.7 Å². The molecule has 1 spiro atoms. The molecule has 5 rings (SSSR count). The van der Waals surface area contributed by atoms with Crippen molar-refractivity contribution in [1.82, 2.24) is 0 Å². The topological polar surface area (TPSA) is 38.3 Å². The maximum Gasteiger partial charge on any atom is 0.244 e. The summed E-state index contributed by atoms with van der Waals surface area (Å²) < 4.78 is 20.3. The quantitative estimate of drug-likeness (QED) is 0.633. The predicted octanol–water partition coefficient (Wildman–Crippen LogP) is 4.83. The first kappa shape index (κ1) is 15.1. The first-order valence-electron chi connectivity index (χ1n) is 8.52. The number of fused-ring (bicyclic) bond motifs is 6. The minimum absolute atomic E-state index is 0.180. The molecule has 0 radical (unpaired) electrons. The van der Waals surface area contributed by atoms with Crippen molar-refractivity contribution < 1.29 is 13.9 Å². The number of carbonyl (C=O) groups excluding carboxylic acids is 1. The molecule has 1 amide bonds. The number of amides is 1. The molecule has 128 valence electrons. The number of rotatable bonds is 0. The lowest BCUT2D eigenvalue weighted by atomic mass is 9.68. The van der Waals surface area contributed by atoms with Crippen molar-refractivity contribution in [3.8, 4) is 11.5 Å². The van der Waals surface area contributed by atoms with Crippen molar-refractivity contribution in [1.29, 1.82) is 0 Å². The maximum absolute atomic E-state index is 14.2. The maximum atomic E-state index is 14.2. The van der Waals surface area contributed by atoms with Crippen LogP contribution in [0.25, 0.3) is 0 Å². The molecule has 0 saturated heterocycles. The van der Waals surface area contributed by atoms with Gasteiger partial charge >= 0.3 is 0 Å². The summed E-state index contributed by atoms with van der Waals surface area (Å²) in [6.07, 6.45) is 0. The van der Waals surface area contributed by atoms with Gasteiger partial charge in [-0.25, -0.2) is 4.39 Å². The van der Waals surface area contributed by atoms with E-state index in [1.165, 1.54) is 12.1 Å². The summed E-state index contributed by atoms with van der Waals surface area (Å²) in [4.78, 5) is 13.4. The number of carbonyl (C=O) groups is 1. The van der Waals surface area contributed by atoms with Gasteiger partial charge in [-0.05, 0) is 44.2 Å². The largest absolute Gasteiger partial charge is 0.457 e. The number of halogens is 1. The Bertz CT molecular complexity index is 1050. The Balaban J connectivity index is 1.96. The predicted molar refractivity (Wildman–Crippen MR) is 97.3 cm³/mol. The van der Waals surface area contributed by atoms with Crippen LogP contribution in [0.5, 0.6) is 11.5 Å². The molecule has 26 heavy (non-hydrogen) atoms. The van der Waals surface area contributed by atoms with E-state index in [0.717, 1.165) is 22.3 Å². The van der Waals surface area contributed by atoms with Gasteiger partial charge in [0.15, 0.2) is 0 Å². The number of anilines is 1. The Morgan fingerprint density at radius 2 is 1.46 bits per heavy atom. The molecule has 0 atom stereocenters. The molecule has 0 saturated carbocycles. The summed E-state index contributed by atoms with van der Waals surface area (Å²) in [6.45, 7) is 3.94. The molecule has 0 bridgehead atoms. The van der Waals surface area contributed by atoms with Gasteiger partial charge in [0.2, 0.25) is 5.91 Å². The van der Waals surface area contributed by atoms with Gasteiger partial charge < -0.3 is 10.1 Å². The van der Waals surface area contributed by atoms with Gasteiger partial charge in [0.25, 0.3) is 0 Å². The highest BCUT2D eigenvalue weighted by Crippen LogP contribution is 2.56. The molecule has 3 aromatic carbocycles. The number of hydrogen-bond donors (Lipinski definition) is 1. The van der Waals surface area contributed by atoms with Gasteiger partial charge in [-0.15, -0.1) is 0 Å². The Kier molecular flexibility index (Phi) is 2.88. The molecule has 1 N–H and O–H groups in total. The van der Waals surface area contributed by atoms with Crippen molar-refractivity contribution in [3.63, 3.8) is 0 Å². The highest BCUT2D eigenvalue weighted by molar-refractivity contribution is 6.12. The van der Waals surface area contributed by atoms with Gasteiger partial charge in [-0.3, -0.25) is 4.79 Å². The van der Waals surface area contributed by atoms with Crippen LogP contribution in [0.15, 0.2) is 54.6 Å². The molecule has 0 aliphatic carbocycles. The van der Waals surface area contributed by atoms with Gasteiger partial charge in [-0.2, -0.15) is 0 Å². The summed E-state index contributed by atoms with van der Waals surface area (Å²) >= 11 is 0. The van der Waals surface area contributed by atoms with E-state index in [1.807, 2.05) is 50.2 Å². The summed E-state index contributed by atoms with van der Waals surface area (Å²) in [5.74, 6) is 0.702. The van der Waals surface area contributed by atoms with Crippen LogP contribution in [0.4, 0.5) is 10.1 Å². The van der Waals surface area contributed by atoms with Crippen LogP contribution >= 0.6 is 0 Å². The Morgan fingerprint density at radius 3 is 2.08 bits per heavy atom. The van der Waals surface area contributed by atoms with Crippen LogP contribution in [0, 0.1) is 19.7 Å². The van der Waals surface area contributed by atoms with Crippen molar-refractivity contribution >= 4 is 11.6 Å². The van der Waals surface area contributed by atoms with Crippen LogP contribution in [0.1, 0.15) is 27.8 Å². The SMILES string of the molecule is Cc1ccc2c(c1)C1(C(=O)Nc3ccc(F)cc31)c1cc(C)ccc1O2. The second-order valence-electron chi connectivity index (χ2n) is 7.00. The molecular formula is C22H16FNO2.